The Bertz CT molecular complexity index is 856. The van der Waals surface area contributed by atoms with Gasteiger partial charge in [0, 0.05) is 30.5 Å². The fraction of sp³-hybridized carbons (Fsp3) is 0.300. The van der Waals surface area contributed by atoms with Crippen LogP contribution in [0.15, 0.2) is 47.9 Å². The molecule has 2 rings (SSSR count). The fourth-order valence-corrected chi connectivity index (χ4v) is 2.48. The van der Waals surface area contributed by atoms with Gasteiger partial charge >= 0.3 is 0 Å². The Labute approximate surface area is 152 Å². The van der Waals surface area contributed by atoms with Gasteiger partial charge in [-0.3, -0.25) is 9.59 Å². The second-order valence-electron chi connectivity index (χ2n) is 6.21. The largest absolute Gasteiger partial charge is 0.383 e. The molecular formula is C20H24FN3O2. The number of nitrogens with one attached hydrogen (secondary N) is 2. The van der Waals surface area contributed by atoms with Gasteiger partial charge in [-0.2, -0.15) is 0 Å². The summed E-state index contributed by atoms with van der Waals surface area (Å²) in [7, 11) is 1.48. The van der Waals surface area contributed by atoms with E-state index in [4.69, 9.17) is 0 Å². The number of carbonyl (C=O) groups excluding carboxylic acids is 1. The summed E-state index contributed by atoms with van der Waals surface area (Å²) in [5, 5.41) is 5.74. The van der Waals surface area contributed by atoms with Gasteiger partial charge in [0.2, 0.25) is 0 Å². The van der Waals surface area contributed by atoms with E-state index in [9.17, 15) is 14.0 Å². The highest BCUT2D eigenvalue weighted by Gasteiger charge is 2.15. The Morgan fingerprint density at radius 2 is 1.96 bits per heavy atom. The van der Waals surface area contributed by atoms with E-state index in [1.807, 2.05) is 6.92 Å². The summed E-state index contributed by atoms with van der Waals surface area (Å²) in [6.45, 7) is 8.33. The molecule has 1 atom stereocenters. The zero-order valence-electron chi connectivity index (χ0n) is 15.3. The average Bonchev–Trinajstić information content (AvgIpc) is 2.64. The van der Waals surface area contributed by atoms with Crippen LogP contribution in [0.3, 0.4) is 0 Å². The smallest absolute Gasteiger partial charge is 0.263 e. The van der Waals surface area contributed by atoms with Crippen LogP contribution in [0.5, 0.6) is 0 Å². The van der Waals surface area contributed by atoms with E-state index in [0.717, 1.165) is 12.0 Å². The highest BCUT2D eigenvalue weighted by molar-refractivity contribution is 5.94. The molecule has 0 radical (unpaired) electrons. The van der Waals surface area contributed by atoms with Crippen LogP contribution < -0.4 is 16.2 Å². The lowest BCUT2D eigenvalue weighted by molar-refractivity contribution is 0.0961. The van der Waals surface area contributed by atoms with Crippen molar-refractivity contribution >= 4 is 11.6 Å². The highest BCUT2D eigenvalue weighted by Crippen LogP contribution is 2.13. The molecular weight excluding hydrogens is 333 g/mol. The van der Waals surface area contributed by atoms with Crippen molar-refractivity contribution in [3.05, 3.63) is 76.0 Å². The summed E-state index contributed by atoms with van der Waals surface area (Å²) < 4.78 is 14.5. The quantitative estimate of drug-likeness (QED) is 0.801. The van der Waals surface area contributed by atoms with Crippen LogP contribution in [0.1, 0.15) is 41.8 Å². The van der Waals surface area contributed by atoms with Crippen LogP contribution >= 0.6 is 0 Å². The van der Waals surface area contributed by atoms with Gasteiger partial charge < -0.3 is 15.2 Å². The van der Waals surface area contributed by atoms with E-state index >= 15 is 0 Å². The molecule has 0 bridgehead atoms. The van der Waals surface area contributed by atoms with E-state index in [1.165, 1.54) is 23.7 Å². The number of hydrogen-bond acceptors (Lipinski definition) is 3. The summed E-state index contributed by atoms with van der Waals surface area (Å²) >= 11 is 0. The summed E-state index contributed by atoms with van der Waals surface area (Å²) in [4.78, 5) is 24.8. The van der Waals surface area contributed by atoms with Crippen LogP contribution in [0.25, 0.3) is 5.70 Å². The molecule has 1 heterocycles. The third-order valence-corrected chi connectivity index (χ3v) is 4.21. The third-order valence-electron chi connectivity index (χ3n) is 4.21. The van der Waals surface area contributed by atoms with Gasteiger partial charge in [-0.05, 0) is 37.1 Å². The van der Waals surface area contributed by atoms with Crippen LogP contribution in [0.4, 0.5) is 4.39 Å². The molecule has 1 aromatic carbocycles. The van der Waals surface area contributed by atoms with Gasteiger partial charge in [0.25, 0.3) is 11.5 Å². The van der Waals surface area contributed by atoms with E-state index in [2.05, 4.69) is 24.1 Å². The number of pyridine rings is 1. The topological polar surface area (TPSA) is 63.1 Å². The molecule has 1 aromatic heterocycles. The van der Waals surface area contributed by atoms with Crippen molar-refractivity contribution in [1.82, 2.24) is 15.2 Å². The third kappa shape index (κ3) is 4.59. The normalized spacial score (nSPS) is 11.7. The fourth-order valence-electron chi connectivity index (χ4n) is 2.48. The number of aromatic nitrogens is 1. The van der Waals surface area contributed by atoms with Crippen molar-refractivity contribution in [1.29, 1.82) is 0 Å². The first-order chi connectivity index (χ1) is 12.3. The molecule has 2 N–H and O–H groups in total. The highest BCUT2D eigenvalue weighted by atomic mass is 19.1. The van der Waals surface area contributed by atoms with E-state index < -0.39 is 11.5 Å². The molecule has 2 aromatic rings. The van der Waals surface area contributed by atoms with E-state index in [-0.39, 0.29) is 24.0 Å². The van der Waals surface area contributed by atoms with Gasteiger partial charge in [-0.25, -0.2) is 4.39 Å². The van der Waals surface area contributed by atoms with Crippen molar-refractivity contribution in [3.8, 4) is 0 Å². The van der Waals surface area contributed by atoms with Gasteiger partial charge in [-0.15, -0.1) is 0 Å². The van der Waals surface area contributed by atoms with Crippen LogP contribution in [0, 0.1) is 5.82 Å². The van der Waals surface area contributed by atoms with Crippen molar-refractivity contribution in [2.45, 2.75) is 32.9 Å². The maximum Gasteiger partial charge on any atom is 0.263 e. The molecule has 1 amide bonds. The Kier molecular flexibility index (Phi) is 6.33. The molecule has 6 heteroatoms. The lowest BCUT2D eigenvalue weighted by Crippen LogP contribution is -2.32. The van der Waals surface area contributed by atoms with Crippen molar-refractivity contribution in [3.63, 3.8) is 0 Å². The Morgan fingerprint density at radius 1 is 1.31 bits per heavy atom. The number of benzene rings is 1. The number of hydrogen-bond donors (Lipinski definition) is 2. The number of nitrogens with zero attached hydrogens (tertiary/aromatic N) is 1. The first kappa shape index (κ1) is 19.4. The molecule has 26 heavy (non-hydrogen) atoms. The van der Waals surface area contributed by atoms with E-state index in [1.54, 1.807) is 24.4 Å². The first-order valence-electron chi connectivity index (χ1n) is 8.52. The molecule has 0 fully saturated rings. The molecule has 0 spiro atoms. The maximum absolute atomic E-state index is 13.1. The zero-order valence-corrected chi connectivity index (χ0v) is 15.3. The van der Waals surface area contributed by atoms with Gasteiger partial charge in [0.05, 0.1) is 6.54 Å². The van der Waals surface area contributed by atoms with Crippen molar-refractivity contribution < 1.29 is 9.18 Å². The van der Waals surface area contributed by atoms with Crippen LogP contribution in [0.2, 0.25) is 0 Å². The number of carbonyl (C=O) groups is 1. The lowest BCUT2D eigenvalue weighted by atomic mass is 10.1. The second kappa shape index (κ2) is 8.47. The zero-order chi connectivity index (χ0) is 19.3. The average molecular weight is 357 g/mol. The Hall–Kier alpha value is -2.89. The predicted molar refractivity (Wildman–Crippen MR) is 102 cm³/mol. The summed E-state index contributed by atoms with van der Waals surface area (Å²) in [5.74, 6) is -0.798. The maximum atomic E-state index is 13.1. The first-order valence-corrected chi connectivity index (χ1v) is 8.52. The number of rotatable bonds is 7. The predicted octanol–water partition coefficient (Wildman–Crippen LogP) is 2.75. The summed E-state index contributed by atoms with van der Waals surface area (Å²) in [6, 6.07) is 7.66. The van der Waals surface area contributed by atoms with Crippen molar-refractivity contribution in [2.75, 3.05) is 7.05 Å². The molecule has 0 saturated heterocycles. The Balaban J connectivity index is 2.46. The molecule has 0 aliphatic rings. The number of amides is 1. The van der Waals surface area contributed by atoms with Crippen LogP contribution in [-0.4, -0.2) is 23.6 Å². The standard InChI is InChI=1S/C20H24FN3O2/c1-5-13(2)23-14(3)16-10-18(19(25)22-4)20(26)24(12-16)11-15-6-8-17(21)9-7-15/h6-10,12-13,23H,3,5,11H2,1-2,4H3,(H,22,25). The summed E-state index contributed by atoms with van der Waals surface area (Å²) in [6.07, 6.45) is 2.58. The monoisotopic (exact) mass is 357 g/mol. The molecule has 138 valence electrons. The minimum absolute atomic E-state index is 0.0409. The molecule has 5 nitrogen and oxygen atoms in total. The lowest BCUT2D eigenvalue weighted by Gasteiger charge is -2.18. The SMILES string of the molecule is C=C(NC(C)CC)c1cc(C(=O)NC)c(=O)n(Cc2ccc(F)cc2)c1. The molecule has 0 aliphatic heterocycles. The van der Waals surface area contributed by atoms with Gasteiger partial charge in [0.1, 0.15) is 11.4 Å². The number of halogens is 1. The summed E-state index contributed by atoms with van der Waals surface area (Å²) in [5.41, 5.74) is 1.69. The molecule has 0 aliphatic carbocycles. The van der Waals surface area contributed by atoms with Crippen LogP contribution in [-0.2, 0) is 6.54 Å². The Morgan fingerprint density at radius 3 is 2.54 bits per heavy atom. The second-order valence-corrected chi connectivity index (χ2v) is 6.21. The minimum Gasteiger partial charge on any atom is -0.383 e. The van der Waals surface area contributed by atoms with Gasteiger partial charge in [-0.1, -0.05) is 25.6 Å². The van der Waals surface area contributed by atoms with Crippen molar-refractivity contribution in [2.24, 2.45) is 0 Å². The van der Waals surface area contributed by atoms with E-state index in [0.29, 0.717) is 11.3 Å². The molecule has 0 saturated carbocycles. The van der Waals surface area contributed by atoms with Gasteiger partial charge in [0.15, 0.2) is 0 Å². The molecule has 1 unspecified atom stereocenters. The minimum atomic E-state index is -0.457.